The van der Waals surface area contributed by atoms with Crippen LogP contribution in [0.15, 0.2) is 66.7 Å². The monoisotopic (exact) mass is 302 g/mol. The lowest BCUT2D eigenvalue weighted by Gasteiger charge is -2.05. The van der Waals surface area contributed by atoms with Gasteiger partial charge >= 0.3 is 0 Å². The van der Waals surface area contributed by atoms with E-state index >= 15 is 0 Å². The van der Waals surface area contributed by atoms with Gasteiger partial charge in [0.05, 0.1) is 11.0 Å². The Morgan fingerprint density at radius 3 is 2.26 bits per heavy atom. The zero-order valence-corrected chi connectivity index (χ0v) is 12.7. The van der Waals surface area contributed by atoms with Crippen molar-refractivity contribution in [2.75, 3.05) is 0 Å². The van der Waals surface area contributed by atoms with Gasteiger partial charge in [-0.05, 0) is 41.8 Å². The first-order valence-electron chi connectivity index (χ1n) is 7.52. The maximum atomic E-state index is 13.7. The molecule has 0 fully saturated rings. The number of hydrogen-bond donors (Lipinski definition) is 1. The summed E-state index contributed by atoms with van der Waals surface area (Å²) in [6.07, 6.45) is 0. The summed E-state index contributed by atoms with van der Waals surface area (Å²) in [4.78, 5) is 7.91. The molecule has 23 heavy (non-hydrogen) atoms. The third-order valence-electron chi connectivity index (χ3n) is 4.05. The van der Waals surface area contributed by atoms with Crippen molar-refractivity contribution in [2.45, 2.75) is 6.92 Å². The smallest absolute Gasteiger partial charge is 0.138 e. The van der Waals surface area contributed by atoms with Gasteiger partial charge in [0.15, 0.2) is 0 Å². The molecule has 0 saturated carbocycles. The summed E-state index contributed by atoms with van der Waals surface area (Å²) in [6, 6.07) is 21.3. The minimum absolute atomic E-state index is 0.177. The molecule has 0 unspecified atom stereocenters. The van der Waals surface area contributed by atoms with E-state index in [-0.39, 0.29) is 5.82 Å². The number of fused-ring (bicyclic) bond motifs is 1. The molecule has 0 spiro atoms. The van der Waals surface area contributed by atoms with Crippen LogP contribution in [-0.4, -0.2) is 9.97 Å². The Kier molecular flexibility index (Phi) is 3.19. The second-order valence-electron chi connectivity index (χ2n) is 5.64. The van der Waals surface area contributed by atoms with Crippen LogP contribution in [0.25, 0.3) is 33.5 Å². The normalized spacial score (nSPS) is 11.0. The number of nitrogens with one attached hydrogen (secondary N) is 1. The third kappa shape index (κ3) is 2.50. The average Bonchev–Trinajstić information content (AvgIpc) is 3.02. The summed E-state index contributed by atoms with van der Waals surface area (Å²) < 4.78 is 13.7. The number of para-hydroxylation sites is 2. The van der Waals surface area contributed by atoms with E-state index in [0.717, 1.165) is 33.5 Å². The van der Waals surface area contributed by atoms with Crippen LogP contribution in [-0.2, 0) is 0 Å². The van der Waals surface area contributed by atoms with Gasteiger partial charge in [0.2, 0.25) is 0 Å². The predicted octanol–water partition coefficient (Wildman–Crippen LogP) is 5.34. The molecule has 1 heterocycles. The van der Waals surface area contributed by atoms with Crippen molar-refractivity contribution in [3.05, 3.63) is 78.1 Å². The molecule has 0 aliphatic carbocycles. The van der Waals surface area contributed by atoms with E-state index in [1.165, 1.54) is 0 Å². The minimum atomic E-state index is -0.177. The Balaban J connectivity index is 1.71. The molecule has 2 nitrogen and oxygen atoms in total. The summed E-state index contributed by atoms with van der Waals surface area (Å²) in [6.45, 7) is 1.77. The molecular formula is C20H15FN2. The van der Waals surface area contributed by atoms with Crippen molar-refractivity contribution in [2.24, 2.45) is 0 Å². The number of nitrogens with zero attached hydrogens (tertiary/aromatic N) is 1. The second kappa shape index (κ2) is 5.36. The zero-order valence-electron chi connectivity index (χ0n) is 12.7. The zero-order chi connectivity index (χ0) is 15.8. The first-order valence-corrected chi connectivity index (χ1v) is 7.52. The topological polar surface area (TPSA) is 28.7 Å². The summed E-state index contributed by atoms with van der Waals surface area (Å²) in [7, 11) is 0. The maximum Gasteiger partial charge on any atom is 0.138 e. The van der Waals surface area contributed by atoms with Gasteiger partial charge in [0.25, 0.3) is 0 Å². The van der Waals surface area contributed by atoms with Crippen LogP contribution >= 0.6 is 0 Å². The van der Waals surface area contributed by atoms with E-state index in [0.29, 0.717) is 5.56 Å². The van der Waals surface area contributed by atoms with Crippen molar-refractivity contribution in [3.63, 3.8) is 0 Å². The van der Waals surface area contributed by atoms with Gasteiger partial charge in [-0.25, -0.2) is 9.37 Å². The number of hydrogen-bond acceptors (Lipinski definition) is 1. The molecule has 0 saturated heterocycles. The Morgan fingerprint density at radius 2 is 1.52 bits per heavy atom. The van der Waals surface area contributed by atoms with Gasteiger partial charge < -0.3 is 4.98 Å². The van der Waals surface area contributed by atoms with E-state index < -0.39 is 0 Å². The fraction of sp³-hybridized carbons (Fsp3) is 0.0500. The van der Waals surface area contributed by atoms with E-state index in [2.05, 4.69) is 9.97 Å². The predicted molar refractivity (Wildman–Crippen MR) is 91.7 cm³/mol. The number of imidazole rings is 1. The quantitative estimate of drug-likeness (QED) is 0.531. The summed E-state index contributed by atoms with van der Waals surface area (Å²) >= 11 is 0. The molecule has 1 N–H and O–H groups in total. The van der Waals surface area contributed by atoms with Crippen LogP contribution in [0.5, 0.6) is 0 Å². The van der Waals surface area contributed by atoms with Crippen LogP contribution in [0, 0.1) is 12.7 Å². The first-order chi connectivity index (χ1) is 11.2. The van der Waals surface area contributed by atoms with Gasteiger partial charge in [-0.2, -0.15) is 0 Å². The van der Waals surface area contributed by atoms with Gasteiger partial charge in [0, 0.05) is 5.56 Å². The highest BCUT2D eigenvalue weighted by molar-refractivity contribution is 5.79. The summed E-state index contributed by atoms with van der Waals surface area (Å²) in [5.74, 6) is 0.664. The maximum absolute atomic E-state index is 13.7. The lowest BCUT2D eigenvalue weighted by atomic mass is 10.0. The molecule has 3 aromatic carbocycles. The van der Waals surface area contributed by atoms with Crippen LogP contribution in [0.3, 0.4) is 0 Å². The van der Waals surface area contributed by atoms with Crippen molar-refractivity contribution in [1.82, 2.24) is 9.97 Å². The molecule has 112 valence electrons. The Morgan fingerprint density at radius 1 is 0.826 bits per heavy atom. The number of rotatable bonds is 2. The standard InChI is InChI=1S/C20H15FN2/c1-13-6-7-16(12-17(13)21)14-8-10-15(11-9-14)20-22-18-4-2-3-5-19(18)23-20/h2-12H,1H3,(H,22,23). The Bertz CT molecular complexity index is 951. The largest absolute Gasteiger partial charge is 0.338 e. The fourth-order valence-electron chi connectivity index (χ4n) is 2.68. The molecule has 0 bridgehead atoms. The van der Waals surface area contributed by atoms with Crippen molar-refractivity contribution >= 4 is 11.0 Å². The molecule has 1 aromatic heterocycles. The molecule has 0 aliphatic rings. The van der Waals surface area contributed by atoms with Crippen LogP contribution in [0.4, 0.5) is 4.39 Å². The molecule has 0 atom stereocenters. The van der Waals surface area contributed by atoms with E-state index in [9.17, 15) is 4.39 Å². The van der Waals surface area contributed by atoms with Gasteiger partial charge in [-0.3, -0.25) is 0 Å². The van der Waals surface area contributed by atoms with E-state index in [1.807, 2.05) is 54.6 Å². The van der Waals surface area contributed by atoms with Crippen molar-refractivity contribution < 1.29 is 4.39 Å². The number of aryl methyl sites for hydroxylation is 1. The van der Waals surface area contributed by atoms with Crippen LogP contribution < -0.4 is 0 Å². The number of aromatic nitrogens is 2. The lowest BCUT2D eigenvalue weighted by Crippen LogP contribution is -1.85. The van der Waals surface area contributed by atoms with Crippen molar-refractivity contribution in [3.8, 4) is 22.5 Å². The highest BCUT2D eigenvalue weighted by atomic mass is 19.1. The summed E-state index contributed by atoms with van der Waals surface area (Å²) in [5.41, 5.74) is 5.51. The molecule has 4 rings (SSSR count). The molecular weight excluding hydrogens is 287 g/mol. The SMILES string of the molecule is Cc1ccc(-c2ccc(-c3nc4ccccc4[nH]3)cc2)cc1F. The number of benzene rings is 3. The number of aromatic amines is 1. The Labute approximate surface area is 133 Å². The first kappa shape index (κ1) is 13.7. The second-order valence-corrected chi connectivity index (χ2v) is 5.64. The lowest BCUT2D eigenvalue weighted by molar-refractivity contribution is 0.619. The molecule has 4 aromatic rings. The fourth-order valence-corrected chi connectivity index (χ4v) is 2.68. The van der Waals surface area contributed by atoms with Gasteiger partial charge in [-0.15, -0.1) is 0 Å². The van der Waals surface area contributed by atoms with E-state index in [1.54, 1.807) is 19.1 Å². The minimum Gasteiger partial charge on any atom is -0.338 e. The molecule has 0 amide bonds. The van der Waals surface area contributed by atoms with E-state index in [4.69, 9.17) is 0 Å². The number of H-pyrrole nitrogens is 1. The van der Waals surface area contributed by atoms with Gasteiger partial charge in [0.1, 0.15) is 11.6 Å². The van der Waals surface area contributed by atoms with Crippen LogP contribution in [0.1, 0.15) is 5.56 Å². The molecule has 3 heteroatoms. The van der Waals surface area contributed by atoms with Crippen molar-refractivity contribution in [1.29, 1.82) is 0 Å². The van der Waals surface area contributed by atoms with Gasteiger partial charge in [-0.1, -0.05) is 48.5 Å². The number of halogens is 1. The highest BCUT2D eigenvalue weighted by Crippen LogP contribution is 2.26. The Hall–Kier alpha value is -2.94. The molecule has 0 radical (unpaired) electrons. The summed E-state index contributed by atoms with van der Waals surface area (Å²) in [5, 5.41) is 0. The molecule has 0 aliphatic heterocycles. The highest BCUT2D eigenvalue weighted by Gasteiger charge is 2.06. The average molecular weight is 302 g/mol. The van der Waals surface area contributed by atoms with Crippen LogP contribution in [0.2, 0.25) is 0 Å². The third-order valence-corrected chi connectivity index (χ3v) is 4.05.